The van der Waals surface area contributed by atoms with Gasteiger partial charge in [0.05, 0.1) is 24.9 Å². The standard InChI is InChI=1S/C22H23ClN2O6/c1-13(21(27)24-16-12-15(23)8-9-18(16)29-3)31-20(26)10-11-25-17-6-4-5-7-19(17)30-14(2)22(25)28/h4-9,12-14H,10-11H2,1-3H3,(H,24,27). The lowest BCUT2D eigenvalue weighted by Gasteiger charge is -2.32. The van der Waals surface area contributed by atoms with Crippen molar-refractivity contribution < 1.29 is 28.6 Å². The Labute approximate surface area is 185 Å². The molecule has 0 aromatic heterocycles. The number of amides is 2. The summed E-state index contributed by atoms with van der Waals surface area (Å²) in [5.41, 5.74) is 0.963. The number of hydrogen-bond donors (Lipinski definition) is 1. The number of nitrogens with zero attached hydrogens (tertiary/aromatic N) is 1. The lowest BCUT2D eigenvalue weighted by molar-refractivity contribution is -0.153. The number of anilines is 2. The van der Waals surface area contributed by atoms with Gasteiger partial charge in [-0.15, -0.1) is 0 Å². The number of carbonyl (C=O) groups excluding carboxylic acids is 3. The molecule has 0 spiro atoms. The van der Waals surface area contributed by atoms with Crippen LogP contribution in [0.5, 0.6) is 11.5 Å². The molecule has 2 unspecified atom stereocenters. The van der Waals surface area contributed by atoms with Gasteiger partial charge in [0, 0.05) is 11.6 Å². The number of halogens is 1. The molecule has 1 heterocycles. The van der Waals surface area contributed by atoms with Gasteiger partial charge in [-0.2, -0.15) is 0 Å². The first-order valence-corrected chi connectivity index (χ1v) is 10.1. The van der Waals surface area contributed by atoms with Gasteiger partial charge >= 0.3 is 5.97 Å². The van der Waals surface area contributed by atoms with Gasteiger partial charge in [0.25, 0.3) is 11.8 Å². The minimum absolute atomic E-state index is 0.0785. The van der Waals surface area contributed by atoms with Crippen LogP contribution in [-0.2, 0) is 19.1 Å². The van der Waals surface area contributed by atoms with Gasteiger partial charge < -0.3 is 24.4 Å². The van der Waals surface area contributed by atoms with Crippen LogP contribution in [0.15, 0.2) is 42.5 Å². The lowest BCUT2D eigenvalue weighted by atomic mass is 10.2. The third-order valence-corrected chi connectivity index (χ3v) is 4.95. The summed E-state index contributed by atoms with van der Waals surface area (Å²) >= 11 is 5.96. The predicted molar refractivity (Wildman–Crippen MR) is 116 cm³/mol. The molecule has 2 aromatic rings. The zero-order valence-electron chi connectivity index (χ0n) is 17.4. The third-order valence-electron chi connectivity index (χ3n) is 4.71. The number of hydrogen-bond acceptors (Lipinski definition) is 6. The second-order valence-corrected chi connectivity index (χ2v) is 7.37. The van der Waals surface area contributed by atoms with Crippen LogP contribution in [0.1, 0.15) is 20.3 Å². The summed E-state index contributed by atoms with van der Waals surface area (Å²) < 4.78 is 16.0. The van der Waals surface area contributed by atoms with Gasteiger partial charge in [-0.1, -0.05) is 23.7 Å². The zero-order valence-corrected chi connectivity index (χ0v) is 18.1. The summed E-state index contributed by atoms with van der Waals surface area (Å²) in [6.45, 7) is 3.22. The summed E-state index contributed by atoms with van der Waals surface area (Å²) in [5.74, 6) is -0.383. The molecule has 1 aliphatic heterocycles. The van der Waals surface area contributed by atoms with E-state index < -0.39 is 24.1 Å². The Balaban J connectivity index is 1.58. The maximum absolute atomic E-state index is 12.5. The van der Waals surface area contributed by atoms with Crippen LogP contribution in [0.2, 0.25) is 5.02 Å². The predicted octanol–water partition coefficient (Wildman–Crippen LogP) is 3.42. The molecule has 0 aliphatic carbocycles. The zero-order chi connectivity index (χ0) is 22.5. The number of carbonyl (C=O) groups is 3. The van der Waals surface area contributed by atoms with Crippen LogP contribution in [0, 0.1) is 0 Å². The average Bonchev–Trinajstić information content (AvgIpc) is 2.74. The van der Waals surface area contributed by atoms with E-state index in [9.17, 15) is 14.4 Å². The molecule has 0 fully saturated rings. The van der Waals surface area contributed by atoms with E-state index in [-0.39, 0.29) is 18.9 Å². The van der Waals surface area contributed by atoms with Crippen LogP contribution in [0.25, 0.3) is 0 Å². The molecular formula is C22H23ClN2O6. The number of methoxy groups -OCH3 is 1. The second kappa shape index (κ2) is 9.70. The highest BCUT2D eigenvalue weighted by molar-refractivity contribution is 6.31. The summed E-state index contributed by atoms with van der Waals surface area (Å²) in [6.07, 6.45) is -1.78. The minimum Gasteiger partial charge on any atom is -0.495 e. The van der Waals surface area contributed by atoms with E-state index in [1.165, 1.54) is 25.0 Å². The van der Waals surface area contributed by atoms with E-state index in [1.807, 2.05) is 6.07 Å². The monoisotopic (exact) mass is 446 g/mol. The Kier molecular flexibility index (Phi) is 7.02. The fraction of sp³-hybridized carbons (Fsp3) is 0.318. The number of ether oxygens (including phenoxy) is 3. The molecule has 2 atom stereocenters. The summed E-state index contributed by atoms with van der Waals surface area (Å²) in [5, 5.41) is 3.05. The normalized spacial score (nSPS) is 16.1. The van der Waals surface area contributed by atoms with Crippen molar-refractivity contribution in [1.29, 1.82) is 0 Å². The summed E-state index contributed by atoms with van der Waals surface area (Å²) in [6, 6.07) is 11.9. The Morgan fingerprint density at radius 1 is 1.26 bits per heavy atom. The molecule has 9 heteroatoms. The van der Waals surface area contributed by atoms with Crippen LogP contribution < -0.4 is 19.7 Å². The van der Waals surface area contributed by atoms with Crippen molar-refractivity contribution in [2.75, 3.05) is 23.9 Å². The number of benzene rings is 2. The number of esters is 1. The number of nitrogens with one attached hydrogen (secondary N) is 1. The molecule has 0 saturated carbocycles. The van der Waals surface area contributed by atoms with Gasteiger partial charge in [-0.3, -0.25) is 14.4 Å². The molecule has 0 radical (unpaired) electrons. The van der Waals surface area contributed by atoms with Gasteiger partial charge in [0.1, 0.15) is 11.5 Å². The molecule has 1 N–H and O–H groups in total. The number of rotatable bonds is 7. The van der Waals surface area contributed by atoms with Crippen LogP contribution in [0.4, 0.5) is 11.4 Å². The van der Waals surface area contributed by atoms with Crippen LogP contribution >= 0.6 is 11.6 Å². The van der Waals surface area contributed by atoms with Crippen molar-refractivity contribution in [3.05, 3.63) is 47.5 Å². The molecule has 2 aromatic carbocycles. The lowest BCUT2D eigenvalue weighted by Crippen LogP contribution is -2.45. The second-order valence-electron chi connectivity index (χ2n) is 6.93. The summed E-state index contributed by atoms with van der Waals surface area (Å²) in [4.78, 5) is 38.7. The van der Waals surface area contributed by atoms with Crippen molar-refractivity contribution in [2.45, 2.75) is 32.5 Å². The molecule has 2 amide bonds. The van der Waals surface area contributed by atoms with Crippen molar-refractivity contribution in [1.82, 2.24) is 0 Å². The first kappa shape index (κ1) is 22.4. The maximum Gasteiger partial charge on any atom is 0.308 e. The Morgan fingerprint density at radius 2 is 2.00 bits per heavy atom. The largest absolute Gasteiger partial charge is 0.495 e. The van der Waals surface area contributed by atoms with Gasteiger partial charge in [-0.05, 0) is 44.2 Å². The first-order valence-electron chi connectivity index (χ1n) is 9.71. The van der Waals surface area contributed by atoms with Gasteiger partial charge in [0.2, 0.25) is 0 Å². The van der Waals surface area contributed by atoms with Crippen molar-refractivity contribution >= 4 is 40.8 Å². The molecule has 0 bridgehead atoms. The quantitative estimate of drug-likeness (QED) is 0.655. The topological polar surface area (TPSA) is 94.2 Å². The van der Waals surface area contributed by atoms with Gasteiger partial charge in [-0.25, -0.2) is 0 Å². The Morgan fingerprint density at radius 3 is 2.74 bits per heavy atom. The van der Waals surface area contributed by atoms with Gasteiger partial charge in [0.15, 0.2) is 12.2 Å². The third kappa shape index (κ3) is 5.27. The maximum atomic E-state index is 12.5. The van der Waals surface area contributed by atoms with Crippen LogP contribution in [0.3, 0.4) is 0 Å². The molecule has 3 rings (SSSR count). The Bertz CT molecular complexity index is 996. The molecule has 164 valence electrons. The average molecular weight is 447 g/mol. The molecule has 0 saturated heterocycles. The van der Waals surface area contributed by atoms with E-state index in [0.717, 1.165) is 0 Å². The van der Waals surface area contributed by atoms with E-state index in [2.05, 4.69) is 5.32 Å². The fourth-order valence-electron chi connectivity index (χ4n) is 3.11. The molecule has 8 nitrogen and oxygen atoms in total. The van der Waals surface area contributed by atoms with E-state index >= 15 is 0 Å². The number of fused-ring (bicyclic) bond motifs is 1. The van der Waals surface area contributed by atoms with Crippen molar-refractivity contribution in [2.24, 2.45) is 0 Å². The van der Waals surface area contributed by atoms with E-state index in [0.29, 0.717) is 27.9 Å². The SMILES string of the molecule is COc1ccc(Cl)cc1NC(=O)C(C)OC(=O)CCN1C(=O)C(C)Oc2ccccc21. The molecule has 31 heavy (non-hydrogen) atoms. The fourth-order valence-corrected chi connectivity index (χ4v) is 3.29. The van der Waals surface area contributed by atoms with E-state index in [4.69, 9.17) is 25.8 Å². The van der Waals surface area contributed by atoms with E-state index in [1.54, 1.807) is 37.3 Å². The van der Waals surface area contributed by atoms with Crippen molar-refractivity contribution in [3.63, 3.8) is 0 Å². The highest BCUT2D eigenvalue weighted by Gasteiger charge is 2.31. The smallest absolute Gasteiger partial charge is 0.308 e. The minimum atomic E-state index is -1.05. The summed E-state index contributed by atoms with van der Waals surface area (Å²) in [7, 11) is 1.47. The van der Waals surface area contributed by atoms with Crippen LogP contribution in [-0.4, -0.2) is 43.6 Å². The van der Waals surface area contributed by atoms with Crippen molar-refractivity contribution in [3.8, 4) is 11.5 Å². The Hall–Kier alpha value is -3.26. The first-order chi connectivity index (χ1) is 14.8. The molecular weight excluding hydrogens is 424 g/mol. The number of para-hydroxylation sites is 2. The highest BCUT2D eigenvalue weighted by Crippen LogP contribution is 2.33. The highest BCUT2D eigenvalue weighted by atomic mass is 35.5. The molecule has 1 aliphatic rings.